The minimum atomic E-state index is -0.627. The minimum absolute atomic E-state index is 0.247. The number of carbonyl (C=O) groups excluding carboxylic acids is 1. The molecule has 5 N–H and O–H groups in total. The van der Waals surface area contributed by atoms with E-state index >= 15 is 0 Å². The summed E-state index contributed by atoms with van der Waals surface area (Å²) >= 11 is 0. The number of nitrogens with zero attached hydrogens (tertiary/aromatic N) is 6. The first-order chi connectivity index (χ1) is 15.5. The molecule has 0 saturated heterocycles. The van der Waals surface area contributed by atoms with E-state index in [1.54, 1.807) is 16.9 Å². The molecule has 0 bridgehead atoms. The largest absolute Gasteiger partial charge is 0.365 e. The van der Waals surface area contributed by atoms with Gasteiger partial charge in [0.05, 0.1) is 5.71 Å². The number of aryl methyl sites for hydroxylation is 1. The average molecular weight is 444 g/mol. The zero-order valence-corrected chi connectivity index (χ0v) is 18.1. The molecule has 0 aromatic carbocycles. The molecule has 0 unspecified atom stereocenters. The number of anilines is 2. The van der Waals surface area contributed by atoms with E-state index in [4.69, 9.17) is 11.5 Å². The van der Waals surface area contributed by atoms with Crippen molar-refractivity contribution in [1.82, 2.24) is 19.7 Å². The lowest BCUT2D eigenvalue weighted by atomic mass is 10.2. The molecule has 10 nitrogen and oxygen atoms in total. The smallest absolute Gasteiger partial charge is 0.254 e. The van der Waals surface area contributed by atoms with Gasteiger partial charge in [-0.05, 0) is 51.3 Å². The van der Waals surface area contributed by atoms with Crippen molar-refractivity contribution in [2.75, 3.05) is 31.5 Å². The summed E-state index contributed by atoms with van der Waals surface area (Å²) in [7, 11) is 0. The molecule has 1 aliphatic heterocycles. The summed E-state index contributed by atoms with van der Waals surface area (Å²) in [4.78, 5) is 17.7. The van der Waals surface area contributed by atoms with E-state index in [-0.39, 0.29) is 11.4 Å². The fourth-order valence-electron chi connectivity index (χ4n) is 3.46. The molecule has 3 rings (SSSR count). The van der Waals surface area contributed by atoms with Crippen molar-refractivity contribution in [2.45, 2.75) is 38.6 Å². The molecule has 2 aromatic rings. The van der Waals surface area contributed by atoms with E-state index in [2.05, 4.69) is 30.5 Å². The molecule has 1 amide bonds. The fourth-order valence-corrected chi connectivity index (χ4v) is 3.46. The predicted octanol–water partition coefficient (Wildman–Crippen LogP) is 1.91. The summed E-state index contributed by atoms with van der Waals surface area (Å²) in [6.07, 6.45) is 9.47. The molecule has 0 spiro atoms. The van der Waals surface area contributed by atoms with Crippen LogP contribution in [0.1, 0.15) is 42.5 Å². The Morgan fingerprint density at radius 2 is 2.12 bits per heavy atom. The lowest BCUT2D eigenvalue weighted by Crippen LogP contribution is -2.33. The predicted molar refractivity (Wildman–Crippen MR) is 123 cm³/mol. The Balaban J connectivity index is 1.60. The summed E-state index contributed by atoms with van der Waals surface area (Å²) in [5.41, 5.74) is 12.9. The number of amides is 1. The Morgan fingerprint density at radius 1 is 1.28 bits per heavy atom. The normalized spacial score (nSPS) is 13.4. The maximum absolute atomic E-state index is 13.4. The lowest BCUT2D eigenvalue weighted by Gasteiger charge is -2.23. The highest BCUT2D eigenvalue weighted by atomic mass is 19.1. The van der Waals surface area contributed by atoms with Crippen molar-refractivity contribution >= 4 is 29.3 Å². The van der Waals surface area contributed by atoms with Gasteiger partial charge in [-0.25, -0.2) is 4.98 Å². The fraction of sp³-hybridized carbons (Fsp3) is 0.476. The van der Waals surface area contributed by atoms with E-state index in [1.807, 2.05) is 6.21 Å². The number of rotatable bonds is 13. The number of hydrogen-bond acceptors (Lipinski definition) is 8. The molecule has 0 saturated carbocycles. The van der Waals surface area contributed by atoms with Crippen LogP contribution in [-0.4, -0.2) is 63.7 Å². The number of nitrogens with one attached hydrogen (secondary N) is 1. The molecule has 0 aliphatic carbocycles. The first-order valence-electron chi connectivity index (χ1n) is 10.8. The Labute approximate surface area is 186 Å². The van der Waals surface area contributed by atoms with E-state index in [1.165, 1.54) is 12.3 Å². The van der Waals surface area contributed by atoms with Crippen LogP contribution in [0.2, 0.25) is 0 Å². The quantitative estimate of drug-likeness (QED) is 0.319. The SMILES string of the molecule is NCCCCN(CCCn1cc(C(N)=O)c(Nc2ccnc(F)c2)n1)CC1=NN=CCC1. The summed E-state index contributed by atoms with van der Waals surface area (Å²) in [6, 6.07) is 2.81. The molecule has 0 radical (unpaired) electrons. The number of hydrogen-bond donors (Lipinski definition) is 3. The number of nitrogens with two attached hydrogens (primary N) is 2. The van der Waals surface area contributed by atoms with Gasteiger partial charge in [-0.3, -0.25) is 14.4 Å². The van der Waals surface area contributed by atoms with Crippen LogP contribution in [0.4, 0.5) is 15.9 Å². The molecule has 0 atom stereocenters. The van der Waals surface area contributed by atoms with Crippen molar-refractivity contribution in [3.8, 4) is 0 Å². The second-order valence-electron chi connectivity index (χ2n) is 7.64. The number of aromatic nitrogens is 3. The van der Waals surface area contributed by atoms with Crippen LogP contribution in [0, 0.1) is 5.95 Å². The summed E-state index contributed by atoms with van der Waals surface area (Å²) in [5.74, 6) is -0.942. The van der Waals surface area contributed by atoms with Gasteiger partial charge in [0.25, 0.3) is 5.91 Å². The summed E-state index contributed by atoms with van der Waals surface area (Å²) in [6.45, 7) is 3.85. The van der Waals surface area contributed by atoms with Gasteiger partial charge in [0.1, 0.15) is 5.56 Å². The molecular formula is C21H30FN9O. The molecule has 0 fully saturated rings. The van der Waals surface area contributed by atoms with Crippen molar-refractivity contribution in [2.24, 2.45) is 21.7 Å². The van der Waals surface area contributed by atoms with Gasteiger partial charge in [0.2, 0.25) is 5.95 Å². The van der Waals surface area contributed by atoms with Crippen molar-refractivity contribution < 1.29 is 9.18 Å². The highest BCUT2D eigenvalue weighted by Crippen LogP contribution is 2.19. The number of primary amides is 1. The van der Waals surface area contributed by atoms with Gasteiger partial charge in [0, 0.05) is 50.0 Å². The lowest BCUT2D eigenvalue weighted by molar-refractivity contribution is 0.100. The molecule has 11 heteroatoms. The summed E-state index contributed by atoms with van der Waals surface area (Å²) in [5, 5.41) is 15.7. The van der Waals surface area contributed by atoms with Crippen LogP contribution in [0.15, 0.2) is 34.7 Å². The van der Waals surface area contributed by atoms with E-state index < -0.39 is 11.9 Å². The van der Waals surface area contributed by atoms with Crippen molar-refractivity contribution in [3.05, 3.63) is 36.0 Å². The van der Waals surface area contributed by atoms with Crippen LogP contribution in [0.5, 0.6) is 0 Å². The Bertz CT molecular complexity index is 956. The monoisotopic (exact) mass is 443 g/mol. The topological polar surface area (TPSA) is 140 Å². The highest BCUT2D eigenvalue weighted by molar-refractivity contribution is 5.98. The molecule has 172 valence electrons. The molecule has 32 heavy (non-hydrogen) atoms. The standard InChI is InChI=1S/C21H30FN9O/c22-19-13-16(6-9-25-19)27-21-18(20(24)32)15-31(29-21)12-4-11-30(10-2-1-7-23)14-17-5-3-8-26-28-17/h6,8-9,13,15H,1-5,7,10-12,14,23H2,(H2,24,32)(H,25,27,29). The van der Waals surface area contributed by atoms with Gasteiger partial charge in [-0.15, -0.1) is 0 Å². The van der Waals surface area contributed by atoms with Crippen molar-refractivity contribution in [1.29, 1.82) is 0 Å². The van der Waals surface area contributed by atoms with E-state index in [0.717, 1.165) is 57.5 Å². The zero-order valence-electron chi connectivity index (χ0n) is 18.1. The van der Waals surface area contributed by atoms with Crippen LogP contribution in [-0.2, 0) is 6.54 Å². The van der Waals surface area contributed by atoms with Gasteiger partial charge >= 0.3 is 0 Å². The number of unbranched alkanes of at least 4 members (excludes halogenated alkanes) is 1. The van der Waals surface area contributed by atoms with Gasteiger partial charge in [0.15, 0.2) is 5.82 Å². The Kier molecular flexibility index (Phi) is 8.81. The maximum atomic E-state index is 13.4. The first kappa shape index (κ1) is 23.5. The Hall–Kier alpha value is -3.18. The number of pyridine rings is 1. The maximum Gasteiger partial charge on any atom is 0.254 e. The van der Waals surface area contributed by atoms with E-state index in [9.17, 15) is 9.18 Å². The first-order valence-corrected chi connectivity index (χ1v) is 10.8. The third kappa shape index (κ3) is 7.20. The molecule has 2 aromatic heterocycles. The second-order valence-corrected chi connectivity index (χ2v) is 7.64. The zero-order chi connectivity index (χ0) is 22.8. The van der Waals surface area contributed by atoms with Crippen LogP contribution in [0.25, 0.3) is 0 Å². The van der Waals surface area contributed by atoms with Crippen molar-refractivity contribution in [3.63, 3.8) is 0 Å². The second kappa shape index (κ2) is 12.0. The number of carbonyl (C=O) groups is 1. The van der Waals surface area contributed by atoms with Gasteiger partial charge in [-0.1, -0.05) is 0 Å². The molecular weight excluding hydrogens is 413 g/mol. The molecule has 1 aliphatic rings. The van der Waals surface area contributed by atoms with E-state index in [0.29, 0.717) is 18.8 Å². The Morgan fingerprint density at radius 3 is 2.84 bits per heavy atom. The summed E-state index contributed by atoms with van der Waals surface area (Å²) < 4.78 is 15.0. The number of halogens is 1. The highest BCUT2D eigenvalue weighted by Gasteiger charge is 2.15. The van der Waals surface area contributed by atoms with Crippen LogP contribution in [0.3, 0.4) is 0 Å². The average Bonchev–Trinajstić information content (AvgIpc) is 3.17. The van der Waals surface area contributed by atoms with Gasteiger partial charge in [-0.2, -0.15) is 19.7 Å². The van der Waals surface area contributed by atoms with Crippen LogP contribution >= 0.6 is 0 Å². The third-order valence-corrected chi connectivity index (χ3v) is 5.06. The van der Waals surface area contributed by atoms with Crippen LogP contribution < -0.4 is 16.8 Å². The van der Waals surface area contributed by atoms with Gasteiger partial charge < -0.3 is 16.8 Å². The minimum Gasteiger partial charge on any atom is -0.365 e. The third-order valence-electron chi connectivity index (χ3n) is 5.06. The molecule has 3 heterocycles.